The summed E-state index contributed by atoms with van der Waals surface area (Å²) in [5.74, 6) is -0.298. The van der Waals surface area contributed by atoms with Gasteiger partial charge in [0.2, 0.25) is 0 Å². The maximum atomic E-state index is 11.0. The molecule has 0 unspecified atom stereocenters. The van der Waals surface area contributed by atoms with E-state index in [1.807, 2.05) is 0 Å². The van der Waals surface area contributed by atoms with Gasteiger partial charge in [0.1, 0.15) is 5.71 Å². The largest absolute Gasteiger partial charge is 0.411 e. The van der Waals surface area contributed by atoms with Gasteiger partial charge >= 0.3 is 0 Å². The van der Waals surface area contributed by atoms with Crippen LogP contribution in [0.1, 0.15) is 5.56 Å². The Morgan fingerprint density at radius 1 is 1.40 bits per heavy atom. The summed E-state index contributed by atoms with van der Waals surface area (Å²) in [6.45, 7) is 0. The number of hydrogen-bond acceptors (Lipinski definition) is 5. The van der Waals surface area contributed by atoms with Crippen LogP contribution in [0.4, 0.5) is 5.69 Å². The molecule has 1 aromatic rings. The van der Waals surface area contributed by atoms with Gasteiger partial charge in [0.15, 0.2) is 9.84 Å². The minimum Gasteiger partial charge on any atom is -0.411 e. The molecule has 0 aromatic heterocycles. The van der Waals surface area contributed by atoms with Crippen LogP contribution in [0, 0.1) is 0 Å². The molecule has 0 aliphatic carbocycles. The molecule has 0 atom stereocenters. The van der Waals surface area contributed by atoms with Crippen LogP contribution in [0.25, 0.3) is 0 Å². The van der Waals surface area contributed by atoms with Crippen molar-refractivity contribution >= 4 is 21.2 Å². The van der Waals surface area contributed by atoms with Crippen LogP contribution in [0.2, 0.25) is 0 Å². The second-order valence-electron chi connectivity index (χ2n) is 3.24. The predicted molar refractivity (Wildman–Crippen MR) is 58.9 cm³/mol. The lowest BCUT2D eigenvalue weighted by atomic mass is 10.1. The molecule has 0 heterocycles. The molecule has 0 saturated carbocycles. The fourth-order valence-electron chi connectivity index (χ4n) is 1.09. The van der Waals surface area contributed by atoms with Gasteiger partial charge in [0, 0.05) is 17.5 Å². The Morgan fingerprint density at radius 3 is 2.33 bits per heavy atom. The highest BCUT2D eigenvalue weighted by Crippen LogP contribution is 2.08. The minimum absolute atomic E-state index is 0.109. The predicted octanol–water partition coefficient (Wildman–Crippen LogP) is 0.492. The average molecular weight is 228 g/mol. The molecule has 0 aliphatic heterocycles. The van der Waals surface area contributed by atoms with Crippen LogP contribution < -0.4 is 5.73 Å². The van der Waals surface area contributed by atoms with Gasteiger partial charge in [-0.1, -0.05) is 17.3 Å². The highest BCUT2D eigenvalue weighted by atomic mass is 32.2. The Hall–Kier alpha value is -1.56. The van der Waals surface area contributed by atoms with Crippen molar-refractivity contribution in [1.29, 1.82) is 0 Å². The van der Waals surface area contributed by atoms with E-state index in [9.17, 15) is 8.42 Å². The third-order valence-corrected chi connectivity index (χ3v) is 2.56. The number of nitrogen functional groups attached to an aromatic ring is 1. The molecule has 3 N–H and O–H groups in total. The second-order valence-corrected chi connectivity index (χ2v) is 5.38. The molecule has 1 rings (SSSR count). The number of anilines is 1. The number of sulfone groups is 1. The van der Waals surface area contributed by atoms with Crippen molar-refractivity contribution in [2.75, 3.05) is 17.7 Å². The van der Waals surface area contributed by atoms with Crippen molar-refractivity contribution in [1.82, 2.24) is 0 Å². The van der Waals surface area contributed by atoms with Crippen molar-refractivity contribution in [2.45, 2.75) is 0 Å². The third-order valence-electron chi connectivity index (χ3n) is 1.76. The lowest BCUT2D eigenvalue weighted by Crippen LogP contribution is -2.15. The number of oxime groups is 1. The minimum atomic E-state index is -3.22. The van der Waals surface area contributed by atoms with E-state index in [0.29, 0.717) is 11.3 Å². The van der Waals surface area contributed by atoms with Gasteiger partial charge < -0.3 is 10.9 Å². The van der Waals surface area contributed by atoms with Gasteiger partial charge in [-0.3, -0.25) is 0 Å². The van der Waals surface area contributed by atoms with Gasteiger partial charge in [0.25, 0.3) is 0 Å². The summed E-state index contributed by atoms with van der Waals surface area (Å²) in [6.07, 6.45) is 1.08. The first-order valence-electron chi connectivity index (χ1n) is 4.17. The summed E-state index contributed by atoms with van der Waals surface area (Å²) in [5, 5.41) is 11.7. The second kappa shape index (κ2) is 4.31. The molecule has 0 saturated heterocycles. The van der Waals surface area contributed by atoms with Crippen molar-refractivity contribution < 1.29 is 13.6 Å². The van der Waals surface area contributed by atoms with Crippen molar-refractivity contribution in [3.05, 3.63) is 29.8 Å². The molecule has 0 bridgehead atoms. The van der Waals surface area contributed by atoms with E-state index in [1.165, 1.54) is 0 Å². The lowest BCUT2D eigenvalue weighted by molar-refractivity contribution is 0.319. The van der Waals surface area contributed by atoms with E-state index in [-0.39, 0.29) is 11.5 Å². The number of nitrogens with zero attached hydrogens (tertiary/aromatic N) is 1. The third kappa shape index (κ3) is 3.59. The summed E-state index contributed by atoms with van der Waals surface area (Å²) in [6, 6.07) is 6.44. The van der Waals surface area contributed by atoms with Crippen LogP contribution in [-0.2, 0) is 9.84 Å². The highest BCUT2D eigenvalue weighted by Gasteiger charge is 2.11. The van der Waals surface area contributed by atoms with Crippen molar-refractivity contribution in [3.63, 3.8) is 0 Å². The quantitative estimate of drug-likeness (QED) is 0.341. The zero-order valence-corrected chi connectivity index (χ0v) is 9.03. The zero-order chi connectivity index (χ0) is 11.5. The maximum Gasteiger partial charge on any atom is 0.153 e. The summed E-state index contributed by atoms with van der Waals surface area (Å²) < 4.78 is 22.0. The normalized spacial score (nSPS) is 12.7. The molecule has 82 valence electrons. The van der Waals surface area contributed by atoms with Crippen LogP contribution in [0.3, 0.4) is 0 Å². The summed E-state index contributed by atoms with van der Waals surface area (Å²) in [4.78, 5) is 0. The summed E-state index contributed by atoms with van der Waals surface area (Å²) >= 11 is 0. The standard InChI is InChI=1S/C9H12N2O3S/c1-15(13,14)6-9(11-12)7-2-4-8(10)5-3-7/h2-5,12H,6,10H2,1H3/b11-9-. The molecule has 5 nitrogen and oxygen atoms in total. The fraction of sp³-hybridized carbons (Fsp3) is 0.222. The smallest absolute Gasteiger partial charge is 0.153 e. The Bertz CT molecular complexity index is 463. The molecule has 6 heteroatoms. The van der Waals surface area contributed by atoms with Crippen molar-refractivity contribution in [2.24, 2.45) is 5.16 Å². The number of nitrogens with two attached hydrogens (primary N) is 1. The van der Waals surface area contributed by atoms with Gasteiger partial charge in [-0.15, -0.1) is 0 Å². The molecule has 0 aliphatic rings. The Balaban J connectivity index is 3.00. The molecule has 0 fully saturated rings. The molecular weight excluding hydrogens is 216 g/mol. The van der Waals surface area contributed by atoms with E-state index in [1.54, 1.807) is 24.3 Å². The molecule has 1 aromatic carbocycles. The van der Waals surface area contributed by atoms with E-state index in [2.05, 4.69) is 5.16 Å². The average Bonchev–Trinajstić information content (AvgIpc) is 2.14. The molecular formula is C9H12N2O3S. The number of hydrogen-bond donors (Lipinski definition) is 2. The highest BCUT2D eigenvalue weighted by molar-refractivity contribution is 7.91. The van der Waals surface area contributed by atoms with E-state index in [4.69, 9.17) is 10.9 Å². The van der Waals surface area contributed by atoms with Gasteiger partial charge in [-0.05, 0) is 12.1 Å². The zero-order valence-electron chi connectivity index (χ0n) is 8.21. The van der Waals surface area contributed by atoms with E-state index >= 15 is 0 Å². The Morgan fingerprint density at radius 2 is 1.93 bits per heavy atom. The van der Waals surface area contributed by atoms with Gasteiger partial charge in [0.05, 0.1) is 5.75 Å². The summed E-state index contributed by atoms with van der Waals surface area (Å²) in [5.41, 5.74) is 6.69. The van der Waals surface area contributed by atoms with Gasteiger partial charge in [-0.2, -0.15) is 0 Å². The van der Waals surface area contributed by atoms with Crippen LogP contribution in [0.5, 0.6) is 0 Å². The number of rotatable bonds is 3. The monoisotopic (exact) mass is 228 g/mol. The Labute approximate surface area is 88.1 Å². The van der Waals surface area contributed by atoms with Crippen LogP contribution in [0.15, 0.2) is 29.4 Å². The first-order chi connectivity index (χ1) is 6.92. The van der Waals surface area contributed by atoms with Gasteiger partial charge in [-0.25, -0.2) is 8.42 Å². The molecule has 0 radical (unpaired) electrons. The summed E-state index contributed by atoms with van der Waals surface area (Å²) in [7, 11) is -3.22. The van der Waals surface area contributed by atoms with E-state index < -0.39 is 9.84 Å². The van der Waals surface area contributed by atoms with Crippen LogP contribution in [-0.4, -0.2) is 31.3 Å². The topological polar surface area (TPSA) is 92.8 Å². The lowest BCUT2D eigenvalue weighted by Gasteiger charge is -2.03. The first-order valence-corrected chi connectivity index (χ1v) is 6.23. The first kappa shape index (κ1) is 11.5. The van der Waals surface area contributed by atoms with Crippen LogP contribution >= 0.6 is 0 Å². The molecule has 0 spiro atoms. The number of benzene rings is 1. The van der Waals surface area contributed by atoms with Crippen molar-refractivity contribution in [3.8, 4) is 0 Å². The Kier molecular flexibility index (Phi) is 3.31. The van der Waals surface area contributed by atoms with E-state index in [0.717, 1.165) is 6.26 Å². The molecule has 15 heavy (non-hydrogen) atoms. The maximum absolute atomic E-state index is 11.0. The SMILES string of the molecule is CS(=O)(=O)C/C(=N/O)c1ccc(N)cc1. The fourth-order valence-corrected chi connectivity index (χ4v) is 1.81. The molecule has 0 amide bonds.